The van der Waals surface area contributed by atoms with Crippen LogP contribution >= 0.6 is 0 Å². The van der Waals surface area contributed by atoms with Crippen LogP contribution in [-0.4, -0.2) is 74.0 Å². The monoisotopic (exact) mass is 256 g/mol. The number of hydrogen-bond donors (Lipinski definition) is 2. The Morgan fingerprint density at radius 3 is 2.28 bits per heavy atom. The van der Waals surface area contributed by atoms with Crippen molar-refractivity contribution in [2.75, 3.05) is 52.4 Å². The van der Waals surface area contributed by atoms with Crippen molar-refractivity contribution in [3.05, 3.63) is 0 Å². The summed E-state index contributed by atoms with van der Waals surface area (Å²) in [4.78, 5) is 27.1. The summed E-state index contributed by atoms with van der Waals surface area (Å²) in [6, 6.07) is 0. The minimum atomic E-state index is 0.0601. The molecule has 0 bridgehead atoms. The Morgan fingerprint density at radius 1 is 1.06 bits per heavy atom. The van der Waals surface area contributed by atoms with Gasteiger partial charge in [0, 0.05) is 32.7 Å². The number of rotatable bonds is 6. The van der Waals surface area contributed by atoms with Crippen LogP contribution in [0.25, 0.3) is 0 Å². The maximum Gasteiger partial charge on any atom is 0.236 e. The van der Waals surface area contributed by atoms with Crippen LogP contribution in [0.4, 0.5) is 0 Å². The van der Waals surface area contributed by atoms with E-state index in [0.717, 1.165) is 19.6 Å². The molecule has 0 aliphatic carbocycles. The van der Waals surface area contributed by atoms with E-state index in [0.29, 0.717) is 32.7 Å². The third-order valence-electron chi connectivity index (χ3n) is 2.99. The molecule has 1 heterocycles. The molecule has 6 nitrogen and oxygen atoms in total. The van der Waals surface area contributed by atoms with Gasteiger partial charge in [0.25, 0.3) is 0 Å². The summed E-state index contributed by atoms with van der Waals surface area (Å²) in [7, 11) is 0. The molecule has 2 amide bonds. The zero-order valence-corrected chi connectivity index (χ0v) is 11.4. The summed E-state index contributed by atoms with van der Waals surface area (Å²) >= 11 is 0. The molecule has 18 heavy (non-hydrogen) atoms. The van der Waals surface area contributed by atoms with Crippen LogP contribution in [0, 0.1) is 0 Å². The zero-order chi connectivity index (χ0) is 13.4. The van der Waals surface area contributed by atoms with Gasteiger partial charge in [-0.1, -0.05) is 6.92 Å². The van der Waals surface area contributed by atoms with Gasteiger partial charge < -0.3 is 15.5 Å². The molecule has 0 spiro atoms. The highest BCUT2D eigenvalue weighted by atomic mass is 16.2. The van der Waals surface area contributed by atoms with E-state index in [2.05, 4.69) is 15.5 Å². The first-order valence-electron chi connectivity index (χ1n) is 6.64. The fraction of sp³-hybridized carbons (Fsp3) is 0.833. The molecule has 0 saturated carbocycles. The van der Waals surface area contributed by atoms with E-state index in [1.807, 2.05) is 18.7 Å². The lowest BCUT2D eigenvalue weighted by atomic mass is 10.3. The van der Waals surface area contributed by atoms with Crippen LogP contribution in [-0.2, 0) is 9.59 Å². The van der Waals surface area contributed by atoms with Crippen LogP contribution in [0.5, 0.6) is 0 Å². The minimum Gasteiger partial charge on any atom is -0.355 e. The molecule has 0 atom stereocenters. The van der Waals surface area contributed by atoms with Crippen LogP contribution in [0.3, 0.4) is 0 Å². The highest BCUT2D eigenvalue weighted by Gasteiger charge is 2.21. The SMILES string of the molecule is CCNCC(=O)N1CCN(CC(=O)NCC)CC1. The van der Waals surface area contributed by atoms with Gasteiger partial charge in [-0.15, -0.1) is 0 Å². The molecule has 1 rings (SSSR count). The number of amides is 2. The van der Waals surface area contributed by atoms with E-state index in [9.17, 15) is 9.59 Å². The number of carbonyl (C=O) groups excluding carboxylic acids is 2. The van der Waals surface area contributed by atoms with Crippen LogP contribution in [0.2, 0.25) is 0 Å². The highest BCUT2D eigenvalue weighted by molar-refractivity contribution is 5.79. The van der Waals surface area contributed by atoms with E-state index in [1.165, 1.54) is 0 Å². The molecule has 0 radical (unpaired) electrons. The first kappa shape index (κ1) is 14.9. The molecule has 1 fully saturated rings. The average molecular weight is 256 g/mol. The van der Waals surface area contributed by atoms with Crippen molar-refractivity contribution in [1.82, 2.24) is 20.4 Å². The van der Waals surface area contributed by atoms with E-state index in [-0.39, 0.29) is 11.8 Å². The summed E-state index contributed by atoms with van der Waals surface area (Å²) in [6.45, 7) is 9.18. The van der Waals surface area contributed by atoms with Crippen molar-refractivity contribution in [3.63, 3.8) is 0 Å². The molecule has 1 aliphatic heterocycles. The van der Waals surface area contributed by atoms with Crippen molar-refractivity contribution in [2.24, 2.45) is 0 Å². The lowest BCUT2D eigenvalue weighted by molar-refractivity contribution is -0.132. The summed E-state index contributed by atoms with van der Waals surface area (Å²) in [5.74, 6) is 0.208. The summed E-state index contributed by atoms with van der Waals surface area (Å²) in [5.41, 5.74) is 0. The first-order chi connectivity index (χ1) is 8.67. The predicted molar refractivity (Wildman–Crippen MR) is 70.2 cm³/mol. The van der Waals surface area contributed by atoms with E-state index in [1.54, 1.807) is 0 Å². The van der Waals surface area contributed by atoms with E-state index < -0.39 is 0 Å². The van der Waals surface area contributed by atoms with Gasteiger partial charge in [0.05, 0.1) is 13.1 Å². The topological polar surface area (TPSA) is 64.7 Å². The molecule has 0 aromatic carbocycles. The molecular formula is C12H24N4O2. The lowest BCUT2D eigenvalue weighted by Gasteiger charge is -2.34. The van der Waals surface area contributed by atoms with E-state index in [4.69, 9.17) is 0 Å². The zero-order valence-electron chi connectivity index (χ0n) is 11.4. The van der Waals surface area contributed by atoms with Crippen molar-refractivity contribution in [3.8, 4) is 0 Å². The Bertz CT molecular complexity index is 275. The molecule has 104 valence electrons. The third-order valence-corrected chi connectivity index (χ3v) is 2.99. The molecule has 0 aromatic rings. The van der Waals surface area contributed by atoms with Crippen molar-refractivity contribution in [2.45, 2.75) is 13.8 Å². The molecule has 1 aliphatic rings. The number of nitrogens with one attached hydrogen (secondary N) is 2. The normalized spacial score (nSPS) is 16.7. The van der Waals surface area contributed by atoms with Gasteiger partial charge in [0.1, 0.15) is 0 Å². The number of piperazine rings is 1. The number of likely N-dealkylation sites (N-methyl/N-ethyl adjacent to an activating group) is 2. The van der Waals surface area contributed by atoms with Crippen LogP contribution in [0.1, 0.15) is 13.8 Å². The maximum atomic E-state index is 11.8. The molecule has 0 aromatic heterocycles. The fourth-order valence-electron chi connectivity index (χ4n) is 1.96. The summed E-state index contributed by atoms with van der Waals surface area (Å²) < 4.78 is 0. The van der Waals surface area contributed by atoms with Gasteiger partial charge in [0.15, 0.2) is 0 Å². The Kier molecular flexibility index (Phi) is 6.67. The summed E-state index contributed by atoms with van der Waals surface area (Å²) in [5, 5.41) is 5.82. The predicted octanol–water partition coefficient (Wildman–Crippen LogP) is -1.12. The summed E-state index contributed by atoms with van der Waals surface area (Å²) in [6.07, 6.45) is 0. The highest BCUT2D eigenvalue weighted by Crippen LogP contribution is 2.01. The van der Waals surface area contributed by atoms with Gasteiger partial charge in [0.2, 0.25) is 11.8 Å². The number of hydrogen-bond acceptors (Lipinski definition) is 4. The van der Waals surface area contributed by atoms with Gasteiger partial charge in [-0.25, -0.2) is 0 Å². The molecule has 0 unspecified atom stereocenters. The van der Waals surface area contributed by atoms with Crippen LogP contribution < -0.4 is 10.6 Å². The van der Waals surface area contributed by atoms with Crippen molar-refractivity contribution >= 4 is 11.8 Å². The number of nitrogens with zero attached hydrogens (tertiary/aromatic N) is 2. The second-order valence-corrected chi connectivity index (χ2v) is 4.39. The van der Waals surface area contributed by atoms with Crippen LogP contribution in [0.15, 0.2) is 0 Å². The smallest absolute Gasteiger partial charge is 0.236 e. The standard InChI is InChI=1S/C12H24N4O2/c1-3-13-9-12(18)16-7-5-15(6-8-16)10-11(17)14-4-2/h13H,3-10H2,1-2H3,(H,14,17). The number of carbonyl (C=O) groups is 2. The molecule has 1 saturated heterocycles. The largest absolute Gasteiger partial charge is 0.355 e. The molecule has 2 N–H and O–H groups in total. The first-order valence-corrected chi connectivity index (χ1v) is 6.64. The Balaban J connectivity index is 2.23. The third kappa shape index (κ3) is 5.01. The van der Waals surface area contributed by atoms with Gasteiger partial charge in [-0.3, -0.25) is 14.5 Å². The minimum absolute atomic E-state index is 0.0601. The fourth-order valence-corrected chi connectivity index (χ4v) is 1.96. The molecule has 6 heteroatoms. The van der Waals surface area contributed by atoms with Gasteiger partial charge in [-0.2, -0.15) is 0 Å². The van der Waals surface area contributed by atoms with Crippen molar-refractivity contribution < 1.29 is 9.59 Å². The second kappa shape index (κ2) is 8.05. The maximum absolute atomic E-state index is 11.8. The average Bonchev–Trinajstić information content (AvgIpc) is 2.37. The second-order valence-electron chi connectivity index (χ2n) is 4.39. The Labute approximate surface area is 109 Å². The van der Waals surface area contributed by atoms with Gasteiger partial charge >= 0.3 is 0 Å². The van der Waals surface area contributed by atoms with E-state index >= 15 is 0 Å². The quantitative estimate of drug-likeness (QED) is 0.631. The molecular weight excluding hydrogens is 232 g/mol. The Morgan fingerprint density at radius 2 is 1.72 bits per heavy atom. The van der Waals surface area contributed by atoms with Crippen molar-refractivity contribution in [1.29, 1.82) is 0 Å². The lowest BCUT2D eigenvalue weighted by Crippen LogP contribution is -2.52. The Hall–Kier alpha value is -1.14. The van der Waals surface area contributed by atoms with Gasteiger partial charge in [-0.05, 0) is 13.5 Å².